The van der Waals surface area contributed by atoms with Gasteiger partial charge in [-0.1, -0.05) is 19.9 Å². The highest BCUT2D eigenvalue weighted by molar-refractivity contribution is 7.96. The quantitative estimate of drug-likeness (QED) is 0.519. The molecule has 0 aliphatic heterocycles. The third kappa shape index (κ3) is 3.09. The fourth-order valence-electron chi connectivity index (χ4n) is 7.37. The number of thiol groups is 1. The van der Waals surface area contributed by atoms with Crippen LogP contribution in [-0.4, -0.2) is 10.1 Å². The smallest absolute Gasteiger partial charge is 0.287 e. The highest BCUT2D eigenvalue weighted by atomic mass is 32.1. The summed E-state index contributed by atoms with van der Waals surface area (Å²) in [5.74, 6) is 2.95. The normalized spacial score (nSPS) is 39.4. The summed E-state index contributed by atoms with van der Waals surface area (Å²) in [6, 6.07) is 9.03. The van der Waals surface area contributed by atoms with E-state index in [-0.39, 0.29) is 21.9 Å². The maximum absolute atomic E-state index is 12.2. The second-order valence-electron chi connectivity index (χ2n) is 10.3. The largest absolute Gasteiger partial charge is 0.425 e. The van der Waals surface area contributed by atoms with Crippen LogP contribution in [-0.2, 0) is 4.79 Å². The Labute approximate surface area is 185 Å². The van der Waals surface area contributed by atoms with Crippen LogP contribution in [0.15, 0.2) is 47.7 Å². The molecule has 3 nitrogen and oxygen atoms in total. The molecule has 4 heteroatoms. The Hall–Kier alpha value is -1.86. The summed E-state index contributed by atoms with van der Waals surface area (Å²) in [6.45, 7) is 4.86. The van der Waals surface area contributed by atoms with Crippen molar-refractivity contribution in [2.75, 3.05) is 0 Å². The Balaban J connectivity index is 1.42. The van der Waals surface area contributed by atoms with Gasteiger partial charge in [0.1, 0.15) is 6.20 Å². The Bertz CT molecular complexity index is 987. The molecule has 5 rings (SSSR count). The molecule has 0 aromatic carbocycles. The van der Waals surface area contributed by atoms with Crippen molar-refractivity contribution in [1.82, 2.24) is 4.98 Å². The zero-order valence-corrected chi connectivity index (χ0v) is 18.9. The summed E-state index contributed by atoms with van der Waals surface area (Å²) in [6.07, 6.45) is 14.6. The topological polar surface area (TPSA) is 34.3 Å². The van der Waals surface area contributed by atoms with Crippen LogP contribution in [0.4, 0.5) is 5.82 Å². The molecule has 0 spiro atoms. The minimum absolute atomic E-state index is 0.115. The van der Waals surface area contributed by atoms with Crippen molar-refractivity contribution in [3.8, 4) is 6.07 Å². The van der Waals surface area contributed by atoms with E-state index in [0.717, 1.165) is 31.6 Å². The number of pyridine rings is 1. The van der Waals surface area contributed by atoms with E-state index < -0.39 is 0 Å². The van der Waals surface area contributed by atoms with Crippen LogP contribution in [0, 0.1) is 40.6 Å². The monoisotopic (exact) mass is 419 g/mol. The highest BCUT2D eigenvalue weighted by Gasteiger charge is 2.59. The Morgan fingerprint density at radius 3 is 2.83 bits per heavy atom. The standard InChI is InChI=1S/C26H30N2OS/c1-25-12-10-17(16-28-23-5-3-4-14-27-23)15-18(25)6-7-19-20-8-9-22(24(29)30)26(20,2)13-11-21(19)25/h3-6,14-15,19-22H,7-13H2,1-2H3/p+1/t19-,20-,21-,22+,25-,26-/m0/s1. The van der Waals surface area contributed by atoms with Crippen molar-refractivity contribution in [3.63, 3.8) is 0 Å². The number of allylic oxidation sites excluding steroid dienone is 4. The molecule has 0 radical (unpaired) electrons. The van der Waals surface area contributed by atoms with Gasteiger partial charge in [-0.3, -0.25) is 4.79 Å². The third-order valence-corrected chi connectivity index (χ3v) is 9.34. The summed E-state index contributed by atoms with van der Waals surface area (Å²) >= 11 is 4.25. The number of fused-ring (bicyclic) bond motifs is 5. The average Bonchev–Trinajstić information content (AvgIpc) is 3.10. The lowest BCUT2D eigenvalue weighted by atomic mass is 9.48. The van der Waals surface area contributed by atoms with Crippen LogP contribution in [0.3, 0.4) is 0 Å². The van der Waals surface area contributed by atoms with Gasteiger partial charge >= 0.3 is 5.82 Å². The van der Waals surface area contributed by atoms with Crippen molar-refractivity contribution in [2.24, 2.45) is 34.5 Å². The molecule has 4 aliphatic rings. The molecule has 1 aromatic rings. The lowest BCUT2D eigenvalue weighted by Crippen LogP contribution is -2.49. The van der Waals surface area contributed by atoms with Crippen LogP contribution >= 0.6 is 12.6 Å². The van der Waals surface area contributed by atoms with E-state index in [1.54, 1.807) is 6.20 Å². The predicted molar refractivity (Wildman–Crippen MR) is 124 cm³/mol. The minimum Gasteiger partial charge on any atom is -0.287 e. The predicted octanol–water partition coefficient (Wildman–Crippen LogP) is 6.62. The Morgan fingerprint density at radius 1 is 1.20 bits per heavy atom. The van der Waals surface area contributed by atoms with E-state index >= 15 is 0 Å². The first-order chi connectivity index (χ1) is 14.4. The summed E-state index contributed by atoms with van der Waals surface area (Å²) in [5.41, 5.74) is 3.06. The van der Waals surface area contributed by atoms with Crippen LogP contribution < -0.4 is 0 Å². The van der Waals surface area contributed by atoms with Crippen molar-refractivity contribution in [1.29, 1.82) is 0 Å². The van der Waals surface area contributed by atoms with E-state index in [4.69, 9.17) is 0 Å². The van der Waals surface area contributed by atoms with E-state index in [1.165, 1.54) is 30.4 Å². The maximum atomic E-state index is 12.2. The van der Waals surface area contributed by atoms with Crippen molar-refractivity contribution >= 4 is 23.6 Å². The van der Waals surface area contributed by atoms with Crippen LogP contribution in [0.25, 0.3) is 4.85 Å². The van der Waals surface area contributed by atoms with Gasteiger partial charge in [0.25, 0.3) is 0 Å². The maximum Gasteiger partial charge on any atom is 0.425 e. The second kappa shape index (κ2) is 7.38. The van der Waals surface area contributed by atoms with Gasteiger partial charge in [0.05, 0.1) is 11.6 Å². The number of hydrogen-bond donors (Lipinski definition) is 1. The molecule has 0 saturated heterocycles. The van der Waals surface area contributed by atoms with Crippen molar-refractivity contribution in [2.45, 2.75) is 58.8 Å². The first-order valence-electron chi connectivity index (χ1n) is 11.4. The minimum atomic E-state index is 0.115. The summed E-state index contributed by atoms with van der Waals surface area (Å²) < 4.78 is 0. The fourth-order valence-corrected chi connectivity index (χ4v) is 7.79. The second-order valence-corrected chi connectivity index (χ2v) is 10.7. The first-order valence-corrected chi connectivity index (χ1v) is 11.9. The molecule has 0 bridgehead atoms. The molecule has 1 aromatic heterocycles. The molecule has 0 unspecified atom stereocenters. The summed E-state index contributed by atoms with van der Waals surface area (Å²) in [4.78, 5) is 20.9. The number of nitrogens with zero attached hydrogens (tertiary/aromatic N) is 2. The zero-order chi connectivity index (χ0) is 20.9. The summed E-state index contributed by atoms with van der Waals surface area (Å²) in [5, 5.41) is 0.115. The van der Waals surface area contributed by atoms with Crippen LogP contribution in [0.2, 0.25) is 0 Å². The number of aromatic nitrogens is 1. The van der Waals surface area contributed by atoms with E-state index in [9.17, 15) is 4.79 Å². The lowest BCUT2D eigenvalue weighted by molar-refractivity contribution is -0.120. The van der Waals surface area contributed by atoms with E-state index in [2.05, 4.69) is 54.5 Å². The Morgan fingerprint density at radius 2 is 2.07 bits per heavy atom. The van der Waals surface area contributed by atoms with Crippen molar-refractivity contribution in [3.05, 3.63) is 52.5 Å². The first kappa shape index (κ1) is 20.1. The molecule has 156 valence electrons. The molecule has 4 aliphatic carbocycles. The lowest BCUT2D eigenvalue weighted by Gasteiger charge is -2.56. The molecule has 2 fully saturated rings. The molecule has 1 heterocycles. The molecular formula is C26H31N2OS+. The SMILES string of the molecule is C[C@]12CC[C@H]3[C@@H](CC=C4C=C(C#[N+]c5ccccn5)CC[C@@]43C)[C@@H]1CC[C@@H]2C(=O)S. The average molecular weight is 420 g/mol. The van der Waals surface area contributed by atoms with Crippen LogP contribution in [0.5, 0.6) is 0 Å². The Kier molecular flexibility index (Phi) is 4.93. The number of hydrogen-bond acceptors (Lipinski definition) is 2. The molecule has 30 heavy (non-hydrogen) atoms. The number of carbonyl (C=O) groups is 1. The van der Waals surface area contributed by atoms with Gasteiger partial charge in [-0.15, -0.1) is 17.5 Å². The number of carbonyl (C=O) groups excluding carboxylic acids is 1. The van der Waals surface area contributed by atoms with Gasteiger partial charge in [-0.05, 0) is 102 Å². The van der Waals surface area contributed by atoms with Gasteiger partial charge < -0.3 is 0 Å². The van der Waals surface area contributed by atoms with Crippen LogP contribution in [0.1, 0.15) is 58.8 Å². The van der Waals surface area contributed by atoms with Gasteiger partial charge in [0.2, 0.25) is 0 Å². The van der Waals surface area contributed by atoms with Gasteiger partial charge in [0, 0.05) is 5.92 Å². The molecular weight excluding hydrogens is 388 g/mol. The zero-order valence-electron chi connectivity index (χ0n) is 18.0. The molecule has 0 amide bonds. The van der Waals surface area contributed by atoms with Gasteiger partial charge in [0.15, 0.2) is 11.2 Å². The van der Waals surface area contributed by atoms with Crippen molar-refractivity contribution < 1.29 is 4.79 Å². The molecule has 2 saturated carbocycles. The third-order valence-electron chi connectivity index (χ3n) is 9.03. The molecule has 0 N–H and O–H groups in total. The van der Waals surface area contributed by atoms with E-state index in [1.807, 2.05) is 18.2 Å². The fraction of sp³-hybridized carbons (Fsp3) is 0.577. The van der Waals surface area contributed by atoms with Gasteiger partial charge in [-0.25, -0.2) is 0 Å². The van der Waals surface area contributed by atoms with Gasteiger partial charge in [-0.2, -0.15) is 0 Å². The molecule has 6 atom stereocenters. The summed E-state index contributed by atoms with van der Waals surface area (Å²) in [7, 11) is 0. The highest BCUT2D eigenvalue weighted by Crippen LogP contribution is 2.66. The van der Waals surface area contributed by atoms with E-state index in [0.29, 0.717) is 17.7 Å². The number of rotatable bonds is 1.